The Morgan fingerprint density at radius 2 is 2.17 bits per heavy atom. The van der Waals surface area contributed by atoms with Crippen molar-refractivity contribution in [2.24, 2.45) is 0 Å². The van der Waals surface area contributed by atoms with Crippen LogP contribution in [0.15, 0.2) is 24.3 Å². The number of nitro benzene ring substituents is 1. The second-order valence-electron chi connectivity index (χ2n) is 5.81. The first-order valence-electron chi connectivity index (χ1n) is 7.86. The van der Waals surface area contributed by atoms with Crippen molar-refractivity contribution in [1.29, 1.82) is 0 Å². The number of hydrogen-bond donors (Lipinski definition) is 1. The van der Waals surface area contributed by atoms with Crippen molar-refractivity contribution < 1.29 is 13.3 Å². The Balaban J connectivity index is 1.96. The molecule has 1 aromatic rings. The molecule has 1 fully saturated rings. The normalized spacial score (nSPS) is 19.6. The highest BCUT2D eigenvalue weighted by atomic mass is 32.2. The monoisotopic (exact) mass is 341 g/mol. The first kappa shape index (κ1) is 17.8. The summed E-state index contributed by atoms with van der Waals surface area (Å²) in [5.74, 6) is -0.243. The quantitative estimate of drug-likeness (QED) is 0.604. The van der Waals surface area contributed by atoms with Crippen LogP contribution in [-0.2, 0) is 15.8 Å². The maximum absolute atomic E-state index is 12.2. The Kier molecular flexibility index (Phi) is 6.09. The molecule has 0 spiro atoms. The van der Waals surface area contributed by atoms with Crippen molar-refractivity contribution in [3.63, 3.8) is 0 Å². The maximum atomic E-state index is 12.2. The Labute approximate surface area is 136 Å². The number of nitro groups is 1. The van der Waals surface area contributed by atoms with E-state index in [0.29, 0.717) is 12.1 Å². The number of non-ortho nitro benzene ring substituents is 1. The minimum atomic E-state index is -3.51. The summed E-state index contributed by atoms with van der Waals surface area (Å²) in [7, 11) is -3.51. The Morgan fingerprint density at radius 3 is 2.87 bits per heavy atom. The van der Waals surface area contributed by atoms with E-state index >= 15 is 0 Å². The summed E-state index contributed by atoms with van der Waals surface area (Å²) in [6.07, 6.45) is 3.27. The molecule has 1 aliphatic rings. The fraction of sp³-hybridized carbons (Fsp3) is 0.600. The third kappa shape index (κ3) is 5.26. The second kappa shape index (κ2) is 7.85. The summed E-state index contributed by atoms with van der Waals surface area (Å²) in [6.45, 7) is 4.39. The van der Waals surface area contributed by atoms with Crippen LogP contribution in [0.25, 0.3) is 0 Å². The third-order valence-corrected chi connectivity index (χ3v) is 5.49. The lowest BCUT2D eigenvalue weighted by Crippen LogP contribution is -2.46. The summed E-state index contributed by atoms with van der Waals surface area (Å²) < 4.78 is 27.1. The first-order valence-corrected chi connectivity index (χ1v) is 9.51. The van der Waals surface area contributed by atoms with Gasteiger partial charge in [0.15, 0.2) is 0 Å². The first-order chi connectivity index (χ1) is 10.9. The van der Waals surface area contributed by atoms with Crippen LogP contribution in [0.2, 0.25) is 0 Å². The molecule has 1 saturated heterocycles. The van der Waals surface area contributed by atoms with E-state index in [2.05, 4.69) is 16.5 Å². The van der Waals surface area contributed by atoms with Crippen LogP contribution < -0.4 is 4.72 Å². The van der Waals surface area contributed by atoms with E-state index in [-0.39, 0.29) is 17.5 Å². The lowest BCUT2D eigenvalue weighted by molar-refractivity contribution is -0.384. The lowest BCUT2D eigenvalue weighted by atomic mass is 10.0. The van der Waals surface area contributed by atoms with Gasteiger partial charge < -0.3 is 0 Å². The largest absolute Gasteiger partial charge is 0.299 e. The number of rotatable bonds is 7. The molecule has 0 unspecified atom stereocenters. The summed E-state index contributed by atoms with van der Waals surface area (Å²) >= 11 is 0. The van der Waals surface area contributed by atoms with Crippen LogP contribution in [-0.4, -0.2) is 43.9 Å². The van der Waals surface area contributed by atoms with Gasteiger partial charge in [-0.15, -0.1) is 0 Å². The van der Waals surface area contributed by atoms with Crippen LogP contribution in [0.3, 0.4) is 0 Å². The van der Waals surface area contributed by atoms with E-state index in [0.717, 1.165) is 32.4 Å². The summed E-state index contributed by atoms with van der Waals surface area (Å²) in [6, 6.07) is 5.98. The molecule has 0 saturated carbocycles. The molecule has 0 bridgehead atoms. The van der Waals surface area contributed by atoms with Gasteiger partial charge in [0.05, 0.1) is 10.7 Å². The van der Waals surface area contributed by atoms with Crippen molar-refractivity contribution in [2.45, 2.75) is 38.0 Å². The number of benzene rings is 1. The van der Waals surface area contributed by atoms with Crippen molar-refractivity contribution in [1.82, 2.24) is 9.62 Å². The predicted molar refractivity (Wildman–Crippen MR) is 88.6 cm³/mol. The number of hydrogen-bond acceptors (Lipinski definition) is 5. The molecule has 1 aliphatic heterocycles. The van der Waals surface area contributed by atoms with Gasteiger partial charge in [-0.25, -0.2) is 13.1 Å². The molecule has 1 atom stereocenters. The van der Waals surface area contributed by atoms with Gasteiger partial charge in [0.2, 0.25) is 10.0 Å². The molecule has 0 aromatic heterocycles. The van der Waals surface area contributed by atoms with E-state index in [9.17, 15) is 18.5 Å². The molecule has 23 heavy (non-hydrogen) atoms. The lowest BCUT2D eigenvalue weighted by Gasteiger charge is -2.34. The highest BCUT2D eigenvalue weighted by Gasteiger charge is 2.23. The SMILES string of the molecule is CCN1CCCC[C@@H]1CNS(=O)(=O)Cc1cccc([N+](=O)[O-])c1. The fourth-order valence-electron chi connectivity index (χ4n) is 2.96. The van der Waals surface area contributed by atoms with Crippen LogP contribution in [0.5, 0.6) is 0 Å². The maximum Gasteiger partial charge on any atom is 0.269 e. The highest BCUT2D eigenvalue weighted by molar-refractivity contribution is 7.88. The molecule has 128 valence electrons. The smallest absolute Gasteiger partial charge is 0.269 e. The molecule has 1 aromatic carbocycles. The van der Waals surface area contributed by atoms with Gasteiger partial charge >= 0.3 is 0 Å². The van der Waals surface area contributed by atoms with Crippen LogP contribution in [0.1, 0.15) is 31.7 Å². The summed E-state index contributed by atoms with van der Waals surface area (Å²) in [4.78, 5) is 12.5. The summed E-state index contributed by atoms with van der Waals surface area (Å²) in [5.41, 5.74) is 0.324. The molecule has 1 N–H and O–H groups in total. The van der Waals surface area contributed by atoms with E-state index in [1.54, 1.807) is 6.07 Å². The molecule has 0 aliphatic carbocycles. The molecule has 2 rings (SSSR count). The molecular weight excluding hydrogens is 318 g/mol. The third-order valence-electron chi connectivity index (χ3n) is 4.17. The van der Waals surface area contributed by atoms with E-state index < -0.39 is 14.9 Å². The van der Waals surface area contributed by atoms with E-state index in [4.69, 9.17) is 0 Å². The Hall–Kier alpha value is -1.51. The molecule has 0 amide bonds. The van der Waals surface area contributed by atoms with Crippen molar-refractivity contribution in [2.75, 3.05) is 19.6 Å². The van der Waals surface area contributed by atoms with Crippen LogP contribution in [0.4, 0.5) is 5.69 Å². The minimum Gasteiger partial charge on any atom is -0.299 e. The Bertz CT molecular complexity index is 648. The zero-order chi connectivity index (χ0) is 16.9. The van der Waals surface area contributed by atoms with Gasteiger partial charge in [0.25, 0.3) is 5.69 Å². The van der Waals surface area contributed by atoms with Gasteiger partial charge in [-0.3, -0.25) is 15.0 Å². The topological polar surface area (TPSA) is 92.6 Å². The number of nitrogens with zero attached hydrogens (tertiary/aromatic N) is 2. The van der Waals surface area contributed by atoms with Gasteiger partial charge in [-0.1, -0.05) is 25.5 Å². The number of likely N-dealkylation sites (N-methyl/N-ethyl adjacent to an activating group) is 1. The molecular formula is C15H23N3O4S. The van der Waals surface area contributed by atoms with Gasteiger partial charge in [-0.05, 0) is 31.5 Å². The molecule has 1 heterocycles. The number of nitrogens with one attached hydrogen (secondary N) is 1. The summed E-state index contributed by atoms with van der Waals surface area (Å²) in [5, 5.41) is 10.8. The van der Waals surface area contributed by atoms with E-state index in [1.807, 2.05) is 0 Å². The van der Waals surface area contributed by atoms with Gasteiger partial charge in [-0.2, -0.15) is 0 Å². The number of sulfonamides is 1. The predicted octanol–water partition coefficient (Wildman–Crippen LogP) is 1.89. The van der Waals surface area contributed by atoms with Crippen LogP contribution in [0, 0.1) is 10.1 Å². The number of piperidine rings is 1. The van der Waals surface area contributed by atoms with Gasteiger partial charge in [0, 0.05) is 24.7 Å². The number of likely N-dealkylation sites (tertiary alicyclic amines) is 1. The average Bonchev–Trinajstić information content (AvgIpc) is 2.53. The fourth-order valence-corrected chi connectivity index (χ4v) is 4.13. The van der Waals surface area contributed by atoms with Crippen molar-refractivity contribution >= 4 is 15.7 Å². The molecule has 8 heteroatoms. The average molecular weight is 341 g/mol. The minimum absolute atomic E-state index is 0.0952. The highest BCUT2D eigenvalue weighted by Crippen LogP contribution is 2.17. The van der Waals surface area contributed by atoms with E-state index in [1.165, 1.54) is 18.2 Å². The van der Waals surface area contributed by atoms with Crippen LogP contribution >= 0.6 is 0 Å². The van der Waals surface area contributed by atoms with Crippen molar-refractivity contribution in [3.05, 3.63) is 39.9 Å². The molecule has 0 radical (unpaired) electrons. The molecule has 7 nitrogen and oxygen atoms in total. The second-order valence-corrected chi connectivity index (χ2v) is 7.62. The Morgan fingerprint density at radius 1 is 1.39 bits per heavy atom. The zero-order valence-electron chi connectivity index (χ0n) is 13.3. The zero-order valence-corrected chi connectivity index (χ0v) is 14.1. The standard InChI is InChI=1S/C15H23N3O4S/c1-2-17-9-4-3-7-15(17)11-16-23(21,22)12-13-6-5-8-14(10-13)18(19)20/h5-6,8,10,15-16H,2-4,7,9,11-12H2,1H3/t15-/m1/s1. The van der Waals surface area contributed by atoms with Crippen molar-refractivity contribution in [3.8, 4) is 0 Å². The van der Waals surface area contributed by atoms with Gasteiger partial charge in [0.1, 0.15) is 0 Å².